The van der Waals surface area contributed by atoms with Gasteiger partial charge in [-0.1, -0.05) is 182 Å². The number of benzene rings is 6. The van der Waals surface area contributed by atoms with E-state index in [9.17, 15) is 0 Å². The van der Waals surface area contributed by atoms with Gasteiger partial charge in [0.2, 0.25) is 0 Å². The van der Waals surface area contributed by atoms with Gasteiger partial charge in [-0.3, -0.25) is 0 Å². The van der Waals surface area contributed by atoms with Crippen LogP contribution in [0.4, 0.5) is 0 Å². The lowest BCUT2D eigenvalue weighted by atomic mass is 10.1. The van der Waals surface area contributed by atoms with Crippen molar-refractivity contribution in [2.24, 2.45) is 0 Å². The fourth-order valence-electron chi connectivity index (χ4n) is 7.10. The Morgan fingerprint density at radius 1 is 0.392 bits per heavy atom. The van der Waals surface area contributed by atoms with Crippen molar-refractivity contribution in [3.63, 3.8) is 0 Å². The molecule has 0 radical (unpaired) electrons. The first kappa shape index (κ1) is 35.9. The molecule has 7 rings (SSSR count). The van der Waals surface area contributed by atoms with Gasteiger partial charge in [-0.2, -0.15) is 0 Å². The van der Waals surface area contributed by atoms with Crippen LogP contribution < -0.4 is 31.8 Å². The predicted molar refractivity (Wildman–Crippen MR) is 224 cm³/mol. The van der Waals surface area contributed by atoms with Crippen LogP contribution in [0.15, 0.2) is 182 Å². The Morgan fingerprint density at radius 2 is 0.667 bits per heavy atom. The first-order valence-corrected chi connectivity index (χ1v) is 22.7. The van der Waals surface area contributed by atoms with E-state index in [2.05, 4.69) is 189 Å². The van der Waals surface area contributed by atoms with E-state index in [-0.39, 0.29) is 12.2 Å². The molecule has 6 aromatic carbocycles. The van der Waals surface area contributed by atoms with Crippen molar-refractivity contribution in [2.75, 3.05) is 18.5 Å². The van der Waals surface area contributed by atoms with Gasteiger partial charge in [-0.05, 0) is 81.5 Å². The zero-order valence-corrected chi connectivity index (χ0v) is 32.1. The molecule has 1 aliphatic heterocycles. The molecule has 2 atom stereocenters. The summed E-state index contributed by atoms with van der Waals surface area (Å²) in [5, 5.41) is 8.44. The van der Waals surface area contributed by atoms with Gasteiger partial charge in [-0.25, -0.2) is 0 Å². The van der Waals surface area contributed by atoms with Gasteiger partial charge in [0.15, 0.2) is 5.79 Å². The van der Waals surface area contributed by atoms with Gasteiger partial charge >= 0.3 is 0 Å². The maximum absolute atomic E-state index is 7.19. The highest BCUT2D eigenvalue weighted by Crippen LogP contribution is 2.46. The normalized spacial score (nSPS) is 16.9. The molecular weight excluding hydrogens is 677 g/mol. The summed E-state index contributed by atoms with van der Waals surface area (Å²) in [6.45, 7) is 2.21. The van der Waals surface area contributed by atoms with Crippen molar-refractivity contribution in [3.05, 3.63) is 182 Å². The van der Waals surface area contributed by atoms with Crippen molar-refractivity contribution in [1.29, 1.82) is 0 Å². The monoisotopic (exact) mass is 724 g/mol. The number of hydrogen-bond donors (Lipinski definition) is 0. The molecule has 1 aliphatic rings. The van der Waals surface area contributed by atoms with Gasteiger partial charge in [0.25, 0.3) is 0 Å². The fraction of sp³-hybridized carbons (Fsp3) is 0.217. The number of rotatable bonds is 15. The van der Waals surface area contributed by atoms with Crippen molar-refractivity contribution < 1.29 is 9.47 Å². The summed E-state index contributed by atoms with van der Waals surface area (Å²) < 4.78 is 14.4. The number of ether oxygens (including phenoxy) is 2. The summed E-state index contributed by atoms with van der Waals surface area (Å²) in [5.74, 6) is -0.625. The molecule has 0 saturated carbocycles. The minimum atomic E-state index is -0.635. The lowest BCUT2D eigenvalue weighted by molar-refractivity contribution is -0.163. The van der Waals surface area contributed by atoms with Crippen LogP contribution in [0.25, 0.3) is 0 Å². The molecule has 1 saturated heterocycles. The van der Waals surface area contributed by atoms with Gasteiger partial charge in [0.05, 0.1) is 12.2 Å². The molecule has 0 bridgehead atoms. The third kappa shape index (κ3) is 9.50. The van der Waals surface area contributed by atoms with Crippen LogP contribution in [0.3, 0.4) is 0 Å². The highest BCUT2D eigenvalue weighted by atomic mass is 31.1. The molecule has 0 aliphatic carbocycles. The highest BCUT2D eigenvalue weighted by Gasteiger charge is 2.46. The summed E-state index contributed by atoms with van der Waals surface area (Å²) in [6, 6.07) is 66.3. The Hall–Kier alpha value is -3.47. The molecule has 2 nitrogen and oxygen atoms in total. The first-order valence-electron chi connectivity index (χ1n) is 18.1. The Balaban J connectivity index is 1.13. The Labute approximate surface area is 308 Å². The molecule has 0 unspecified atom stereocenters. The third-order valence-corrected chi connectivity index (χ3v) is 17.4. The summed E-state index contributed by atoms with van der Waals surface area (Å²) in [5.41, 5.74) is 0. The lowest BCUT2D eigenvalue weighted by Crippen LogP contribution is -2.33. The molecule has 0 aromatic heterocycles. The van der Waals surface area contributed by atoms with Crippen molar-refractivity contribution in [1.82, 2.24) is 0 Å². The molecule has 0 spiro atoms. The second-order valence-corrected chi connectivity index (χ2v) is 20.1. The minimum Gasteiger partial charge on any atom is -0.344 e. The number of unbranched alkanes of at least 4 members (excludes halogenated alkanes) is 1. The second kappa shape index (κ2) is 17.8. The maximum Gasteiger partial charge on any atom is 0.166 e. The van der Waals surface area contributed by atoms with Gasteiger partial charge in [0.1, 0.15) is 0 Å². The second-order valence-electron chi connectivity index (χ2n) is 13.3. The summed E-state index contributed by atoms with van der Waals surface area (Å²) in [6.07, 6.45) is 6.09. The number of hydrogen-bond acceptors (Lipinski definition) is 2. The highest BCUT2D eigenvalue weighted by molar-refractivity contribution is 7.73. The zero-order valence-electron chi connectivity index (χ0n) is 29.4. The minimum absolute atomic E-state index is 0.00953. The molecule has 0 amide bonds. The lowest BCUT2D eigenvalue weighted by Gasteiger charge is -2.27. The van der Waals surface area contributed by atoms with Crippen LogP contribution in [0.2, 0.25) is 0 Å². The molecule has 1 fully saturated rings. The molecule has 51 heavy (non-hydrogen) atoms. The predicted octanol–water partition coefficient (Wildman–Crippen LogP) is 9.06. The van der Waals surface area contributed by atoms with Crippen molar-refractivity contribution in [3.8, 4) is 0 Å². The smallest absolute Gasteiger partial charge is 0.166 e. The van der Waals surface area contributed by atoms with Crippen LogP contribution in [0, 0.1) is 0 Å². The van der Waals surface area contributed by atoms with Crippen LogP contribution in [-0.4, -0.2) is 36.5 Å². The van der Waals surface area contributed by atoms with Crippen LogP contribution >= 0.6 is 23.8 Å². The zero-order chi connectivity index (χ0) is 34.7. The Bertz CT molecular complexity index is 1670. The molecular formula is C46H47O2P3. The fourth-order valence-corrected chi connectivity index (χ4v) is 14.4. The standard InChI is InChI=1S/C46H47O2P3/c1-46(34-20-21-35-49(38-22-8-2-9-23-38)39-24-10-3-11-25-39)47-44(36-50(40-26-12-4-13-27-40)41-28-14-5-15-29-41)45(48-46)37-51(42-30-16-6-17-31-42)43-32-18-7-19-33-43/h2-19,22-33,44-45H,20-21,34-37H2,1H3/t44-,45-/m0/s1. The molecule has 1 heterocycles. The van der Waals surface area contributed by atoms with Gasteiger partial charge in [-0.15, -0.1) is 0 Å². The SMILES string of the molecule is CC1(CCCCP(c2ccccc2)c2ccccc2)O[C@@H](CP(c2ccccc2)c2ccccc2)[C@H](CP(c2ccccc2)c2ccccc2)O1. The Kier molecular flexibility index (Phi) is 12.6. The van der Waals surface area contributed by atoms with E-state index in [1.54, 1.807) is 0 Å². The van der Waals surface area contributed by atoms with Crippen LogP contribution in [-0.2, 0) is 9.47 Å². The van der Waals surface area contributed by atoms with Crippen LogP contribution in [0.1, 0.15) is 26.2 Å². The van der Waals surface area contributed by atoms with E-state index in [1.807, 2.05) is 0 Å². The summed E-state index contributed by atoms with van der Waals surface area (Å²) >= 11 is 0. The van der Waals surface area contributed by atoms with E-state index >= 15 is 0 Å². The first-order chi connectivity index (χ1) is 25.2. The van der Waals surface area contributed by atoms with E-state index in [1.165, 1.54) is 31.8 Å². The van der Waals surface area contributed by atoms with E-state index in [0.717, 1.165) is 37.7 Å². The van der Waals surface area contributed by atoms with E-state index < -0.39 is 29.6 Å². The van der Waals surface area contributed by atoms with Crippen molar-refractivity contribution >= 4 is 55.6 Å². The molecule has 0 N–H and O–H groups in total. The topological polar surface area (TPSA) is 18.5 Å². The summed E-state index contributed by atoms with van der Waals surface area (Å²) in [4.78, 5) is 0. The van der Waals surface area contributed by atoms with E-state index in [0.29, 0.717) is 0 Å². The maximum atomic E-state index is 7.19. The molecule has 258 valence electrons. The van der Waals surface area contributed by atoms with E-state index in [4.69, 9.17) is 9.47 Å². The Morgan fingerprint density at radius 3 is 0.961 bits per heavy atom. The largest absolute Gasteiger partial charge is 0.344 e. The average molecular weight is 725 g/mol. The average Bonchev–Trinajstić information content (AvgIpc) is 3.52. The van der Waals surface area contributed by atoms with Gasteiger partial charge < -0.3 is 9.47 Å². The van der Waals surface area contributed by atoms with Crippen LogP contribution in [0.5, 0.6) is 0 Å². The van der Waals surface area contributed by atoms with Gasteiger partial charge in [0, 0.05) is 18.7 Å². The quantitative estimate of drug-likeness (QED) is 0.0778. The van der Waals surface area contributed by atoms with Crippen molar-refractivity contribution in [2.45, 2.75) is 44.2 Å². The third-order valence-electron chi connectivity index (χ3n) is 9.61. The summed E-state index contributed by atoms with van der Waals surface area (Å²) in [7, 11) is -1.68. The molecule has 6 aromatic rings. The molecule has 5 heteroatoms.